The molecular formula is C48H52N6O9. The minimum Gasteiger partial charge on any atom is -0.456 e. The lowest BCUT2D eigenvalue weighted by Crippen LogP contribution is -2.48. The van der Waals surface area contributed by atoms with Crippen molar-refractivity contribution in [2.75, 3.05) is 23.7 Å². The first-order valence-electron chi connectivity index (χ1n) is 21.3. The van der Waals surface area contributed by atoms with Crippen molar-refractivity contribution in [1.29, 1.82) is 0 Å². The number of alkyl carbamates (subject to hydrolysis) is 2. The SMILES string of the molecule is CC(C)OC(=O)N[C@H](C(=O)N1CCCC1C(=O)Nc1ccc2oc(-c3ccc(NC(=O)[C@@H]4CCCN4C(=O)[C@H](NC(=O)OC(C)C)c4ccccc4)cc3)cc2c1)c1ccccc1. The van der Waals surface area contributed by atoms with Crippen LogP contribution in [0.3, 0.4) is 0 Å². The fraction of sp³-hybridized carbons (Fsp3) is 0.333. The standard InChI is InChI=1S/C48H52N6O9/c1-29(2)61-47(59)51-41(32-13-7-5-8-14-32)45(57)53-25-11-17-37(53)43(55)49-35-21-19-31(20-22-35)40-28-34-27-36(23-24-39(34)63-40)50-44(56)38-18-12-26-54(38)46(58)42(33-15-9-6-10-16-33)52-48(60)62-30(3)4/h5-10,13-16,19-24,27-30,37-38,41-42H,11-12,17-18,25-26H2,1-4H3,(H,49,55)(H,50,56)(H,51,59)(H,52,60)/t37-,38?,41+,42-/m0/s1. The number of amides is 6. The Kier molecular flexibility index (Phi) is 13.7. The summed E-state index contributed by atoms with van der Waals surface area (Å²) in [6, 6.07) is 28.5. The summed E-state index contributed by atoms with van der Waals surface area (Å²) in [6.07, 6.45) is -0.0226. The second kappa shape index (κ2) is 19.7. The molecule has 328 valence electrons. The van der Waals surface area contributed by atoms with Crippen molar-refractivity contribution in [3.8, 4) is 11.3 Å². The molecule has 0 radical (unpaired) electrons. The van der Waals surface area contributed by atoms with E-state index >= 15 is 0 Å². The van der Waals surface area contributed by atoms with E-state index in [2.05, 4.69) is 21.3 Å². The van der Waals surface area contributed by atoms with Crippen LogP contribution < -0.4 is 21.3 Å². The predicted octanol–water partition coefficient (Wildman–Crippen LogP) is 7.71. The quantitative estimate of drug-likeness (QED) is 0.0920. The minimum absolute atomic E-state index is 0.340. The van der Waals surface area contributed by atoms with Gasteiger partial charge in [0.2, 0.25) is 11.8 Å². The number of fused-ring (bicyclic) bond motifs is 1. The number of benzene rings is 4. The van der Waals surface area contributed by atoms with Crippen LogP contribution in [0, 0.1) is 0 Å². The van der Waals surface area contributed by atoms with Gasteiger partial charge in [0.25, 0.3) is 11.8 Å². The average molecular weight is 857 g/mol. The van der Waals surface area contributed by atoms with E-state index < -0.39 is 48.2 Å². The number of ether oxygens (including phenoxy) is 2. The molecule has 0 saturated carbocycles. The predicted molar refractivity (Wildman–Crippen MR) is 236 cm³/mol. The normalized spacial score (nSPS) is 17.0. The number of carbonyl (C=O) groups excluding carboxylic acids is 6. The van der Waals surface area contributed by atoms with Crippen molar-refractivity contribution in [1.82, 2.24) is 20.4 Å². The Labute approximate surface area is 365 Å². The lowest BCUT2D eigenvalue weighted by atomic mass is 10.0. The summed E-state index contributed by atoms with van der Waals surface area (Å²) in [5, 5.41) is 12.0. The van der Waals surface area contributed by atoms with Gasteiger partial charge in [-0.3, -0.25) is 19.2 Å². The van der Waals surface area contributed by atoms with Crippen LogP contribution >= 0.6 is 0 Å². The molecule has 15 nitrogen and oxygen atoms in total. The first-order valence-corrected chi connectivity index (χ1v) is 21.3. The van der Waals surface area contributed by atoms with Crippen LogP contribution in [0.4, 0.5) is 21.0 Å². The third-order valence-corrected chi connectivity index (χ3v) is 10.9. The van der Waals surface area contributed by atoms with Crippen molar-refractivity contribution in [3.05, 3.63) is 120 Å². The first kappa shape index (κ1) is 43.9. The van der Waals surface area contributed by atoms with Gasteiger partial charge in [-0.2, -0.15) is 0 Å². The number of furan rings is 1. The molecule has 4 atom stereocenters. The van der Waals surface area contributed by atoms with E-state index in [-0.39, 0.29) is 24.0 Å². The van der Waals surface area contributed by atoms with Crippen molar-refractivity contribution < 1.29 is 42.7 Å². The molecule has 6 amide bonds. The number of nitrogens with zero attached hydrogens (tertiary/aromatic N) is 2. The highest BCUT2D eigenvalue weighted by Gasteiger charge is 2.40. The van der Waals surface area contributed by atoms with E-state index in [1.165, 1.54) is 9.80 Å². The van der Waals surface area contributed by atoms with Gasteiger partial charge >= 0.3 is 12.2 Å². The number of rotatable bonds is 13. The minimum atomic E-state index is -1.03. The molecule has 3 heterocycles. The van der Waals surface area contributed by atoms with Gasteiger partial charge in [0, 0.05) is 35.4 Å². The van der Waals surface area contributed by atoms with E-state index in [1.807, 2.05) is 30.3 Å². The van der Waals surface area contributed by atoms with Crippen LogP contribution in [0.5, 0.6) is 0 Å². The number of carbonyl (C=O) groups is 6. The number of nitrogens with one attached hydrogen (secondary N) is 4. The molecule has 0 bridgehead atoms. The zero-order valence-corrected chi connectivity index (χ0v) is 35.7. The monoisotopic (exact) mass is 856 g/mol. The average Bonchev–Trinajstić information content (AvgIpc) is 4.05. The Morgan fingerprint density at radius 2 is 1.05 bits per heavy atom. The molecule has 15 heteroatoms. The molecule has 1 aromatic heterocycles. The summed E-state index contributed by atoms with van der Waals surface area (Å²) >= 11 is 0. The summed E-state index contributed by atoms with van der Waals surface area (Å²) < 4.78 is 16.7. The summed E-state index contributed by atoms with van der Waals surface area (Å²) in [4.78, 5) is 83.4. The molecule has 2 saturated heterocycles. The lowest BCUT2D eigenvalue weighted by Gasteiger charge is -2.29. The Balaban J connectivity index is 0.987. The highest BCUT2D eigenvalue weighted by Crippen LogP contribution is 2.32. The van der Waals surface area contributed by atoms with Crippen molar-refractivity contribution in [2.24, 2.45) is 0 Å². The van der Waals surface area contributed by atoms with Crippen LogP contribution in [0.2, 0.25) is 0 Å². The molecule has 2 aliphatic rings. The largest absolute Gasteiger partial charge is 0.456 e. The van der Waals surface area contributed by atoms with Crippen LogP contribution in [0.15, 0.2) is 114 Å². The van der Waals surface area contributed by atoms with Crippen molar-refractivity contribution in [2.45, 2.75) is 89.8 Å². The Morgan fingerprint density at radius 3 is 1.52 bits per heavy atom. The van der Waals surface area contributed by atoms with E-state index in [9.17, 15) is 28.8 Å². The fourth-order valence-electron chi connectivity index (χ4n) is 7.97. The molecule has 7 rings (SSSR count). The van der Waals surface area contributed by atoms with Crippen LogP contribution in [-0.2, 0) is 28.7 Å². The van der Waals surface area contributed by atoms with E-state index in [0.717, 1.165) is 10.9 Å². The van der Waals surface area contributed by atoms with Gasteiger partial charge in [-0.1, -0.05) is 60.7 Å². The number of likely N-dealkylation sites (tertiary alicyclic amines) is 2. The molecule has 4 aromatic carbocycles. The molecule has 0 spiro atoms. The van der Waals surface area contributed by atoms with Crippen molar-refractivity contribution >= 4 is 58.2 Å². The molecule has 2 fully saturated rings. The maximum absolute atomic E-state index is 14.0. The first-order chi connectivity index (χ1) is 30.3. The van der Waals surface area contributed by atoms with Gasteiger partial charge in [-0.05, 0) is 113 Å². The highest BCUT2D eigenvalue weighted by molar-refractivity contribution is 6.01. The third kappa shape index (κ3) is 10.7. The van der Waals surface area contributed by atoms with E-state index in [1.54, 1.807) is 107 Å². The number of hydrogen-bond donors (Lipinski definition) is 4. The zero-order chi connectivity index (χ0) is 44.6. The second-order valence-corrected chi connectivity index (χ2v) is 16.2. The highest BCUT2D eigenvalue weighted by atomic mass is 16.6. The van der Waals surface area contributed by atoms with Crippen LogP contribution in [0.1, 0.15) is 76.6 Å². The molecular weight excluding hydrogens is 805 g/mol. The molecule has 63 heavy (non-hydrogen) atoms. The van der Waals surface area contributed by atoms with Gasteiger partial charge in [-0.25, -0.2) is 9.59 Å². The smallest absolute Gasteiger partial charge is 0.408 e. The van der Waals surface area contributed by atoms with Crippen LogP contribution in [-0.4, -0.2) is 83.0 Å². The molecule has 0 aliphatic carbocycles. The maximum Gasteiger partial charge on any atom is 0.408 e. The van der Waals surface area contributed by atoms with Gasteiger partial charge in [0.15, 0.2) is 0 Å². The summed E-state index contributed by atoms with van der Waals surface area (Å²) in [5.41, 5.74) is 3.55. The summed E-state index contributed by atoms with van der Waals surface area (Å²) in [6.45, 7) is 7.61. The van der Waals surface area contributed by atoms with Gasteiger partial charge in [0.05, 0.1) is 12.2 Å². The van der Waals surface area contributed by atoms with E-state index in [0.29, 0.717) is 72.6 Å². The van der Waals surface area contributed by atoms with Gasteiger partial charge < -0.3 is 45.0 Å². The number of hydrogen-bond acceptors (Lipinski definition) is 9. The Morgan fingerprint density at radius 1 is 0.587 bits per heavy atom. The Hall–Kier alpha value is -7.16. The summed E-state index contributed by atoms with van der Waals surface area (Å²) in [7, 11) is 0. The van der Waals surface area contributed by atoms with Crippen LogP contribution in [0.25, 0.3) is 22.3 Å². The molecule has 5 aromatic rings. The molecule has 4 N–H and O–H groups in total. The van der Waals surface area contributed by atoms with Gasteiger partial charge in [-0.15, -0.1) is 0 Å². The third-order valence-electron chi connectivity index (χ3n) is 10.9. The molecule has 1 unspecified atom stereocenters. The molecule has 2 aliphatic heterocycles. The topological polar surface area (TPSA) is 189 Å². The summed E-state index contributed by atoms with van der Waals surface area (Å²) in [5.74, 6) is -0.917. The maximum atomic E-state index is 14.0. The lowest BCUT2D eigenvalue weighted by molar-refractivity contribution is -0.138. The number of anilines is 2. The fourth-order valence-corrected chi connectivity index (χ4v) is 7.97. The Bertz CT molecular complexity index is 2440. The van der Waals surface area contributed by atoms with E-state index in [4.69, 9.17) is 13.9 Å². The zero-order valence-electron chi connectivity index (χ0n) is 35.7. The second-order valence-electron chi connectivity index (χ2n) is 16.2. The van der Waals surface area contributed by atoms with Crippen molar-refractivity contribution in [3.63, 3.8) is 0 Å². The van der Waals surface area contributed by atoms with Gasteiger partial charge in [0.1, 0.15) is 35.5 Å².